The fourth-order valence-electron chi connectivity index (χ4n) is 2.96. The smallest absolute Gasteiger partial charge is 0.354 e. The number of hydrogen-bond donors (Lipinski definition) is 3. The van der Waals surface area contributed by atoms with Crippen LogP contribution in [0.15, 0.2) is 32.0 Å². The van der Waals surface area contributed by atoms with Crippen LogP contribution in [0.25, 0.3) is 0 Å². The van der Waals surface area contributed by atoms with Crippen molar-refractivity contribution in [3.05, 3.63) is 39.9 Å². The maximum absolute atomic E-state index is 12.9. The van der Waals surface area contributed by atoms with Gasteiger partial charge in [0.2, 0.25) is 4.34 Å². The fraction of sp³-hybridized carbons (Fsp3) is 0.476. The summed E-state index contributed by atoms with van der Waals surface area (Å²) in [6, 6.07) is 3.12. The first kappa shape index (κ1) is 25.1. The maximum atomic E-state index is 12.9. The highest BCUT2D eigenvalue weighted by atomic mass is 32.2. The number of rotatable bonds is 6. The first-order valence-electron chi connectivity index (χ1n) is 9.90. The number of thiazole rings is 1. The van der Waals surface area contributed by atoms with Gasteiger partial charge in [-0.05, 0) is 54.5 Å². The molecular formula is C21H31N5O3S2. The zero-order valence-electron chi connectivity index (χ0n) is 19.0. The minimum Gasteiger partial charge on any atom is -0.385 e. The average Bonchev–Trinajstić information content (AvgIpc) is 3.13. The number of amides is 2. The summed E-state index contributed by atoms with van der Waals surface area (Å²) in [5.41, 5.74) is 2.27. The Hall–Kier alpha value is -2.14. The molecule has 31 heavy (non-hydrogen) atoms. The van der Waals surface area contributed by atoms with Crippen LogP contribution in [-0.2, 0) is 15.5 Å². The highest BCUT2D eigenvalue weighted by Crippen LogP contribution is 2.34. The Labute approximate surface area is 188 Å². The predicted octanol–water partition coefficient (Wildman–Crippen LogP) is 4.60. The van der Waals surface area contributed by atoms with Crippen molar-refractivity contribution in [1.82, 2.24) is 4.98 Å². The fourth-order valence-corrected chi connectivity index (χ4v) is 5.04. The van der Waals surface area contributed by atoms with Gasteiger partial charge in [-0.15, -0.1) is 15.7 Å². The predicted molar refractivity (Wildman–Crippen MR) is 128 cm³/mol. The van der Waals surface area contributed by atoms with Crippen molar-refractivity contribution >= 4 is 39.2 Å². The number of nitrogens with two attached hydrogens (primary N) is 1. The summed E-state index contributed by atoms with van der Waals surface area (Å²) < 4.78 is 16.6. The molecule has 0 aliphatic heterocycles. The summed E-state index contributed by atoms with van der Waals surface area (Å²) in [5, 5.41) is 18.7. The lowest BCUT2D eigenvalue weighted by atomic mass is 9.90. The molecule has 0 saturated heterocycles. The van der Waals surface area contributed by atoms with Crippen LogP contribution < -0.4 is 10.5 Å². The number of benzene rings is 1. The third-order valence-electron chi connectivity index (χ3n) is 4.53. The molecule has 0 radical (unpaired) electrons. The number of aliphatic imine (C=N–C) groups is 1. The maximum Gasteiger partial charge on any atom is 0.354 e. The summed E-state index contributed by atoms with van der Waals surface area (Å²) in [7, 11) is -1.86. The van der Waals surface area contributed by atoms with Gasteiger partial charge >= 0.3 is 6.03 Å². The van der Waals surface area contributed by atoms with Crippen LogP contribution in [0.2, 0.25) is 0 Å². The molecule has 0 aliphatic carbocycles. The lowest BCUT2D eigenvalue weighted by Crippen LogP contribution is -2.19. The normalized spacial score (nSPS) is 14.3. The van der Waals surface area contributed by atoms with Crippen molar-refractivity contribution in [2.45, 2.75) is 63.3 Å². The van der Waals surface area contributed by atoms with Crippen LogP contribution in [0.4, 0.5) is 10.5 Å². The van der Waals surface area contributed by atoms with Gasteiger partial charge in [-0.25, -0.2) is 19.1 Å². The zero-order valence-corrected chi connectivity index (χ0v) is 20.6. The summed E-state index contributed by atoms with van der Waals surface area (Å²) in [6.45, 7) is 11.3. The van der Waals surface area contributed by atoms with Crippen LogP contribution in [0.1, 0.15) is 74.9 Å². The van der Waals surface area contributed by atoms with Gasteiger partial charge in [0, 0.05) is 25.1 Å². The lowest BCUT2D eigenvalue weighted by molar-refractivity contribution is 0.0823. The summed E-state index contributed by atoms with van der Waals surface area (Å²) in [4.78, 5) is 21.3. The third-order valence-corrected chi connectivity index (χ3v) is 7.65. The highest BCUT2D eigenvalue weighted by molar-refractivity contribution is 7.93. The van der Waals surface area contributed by atoms with E-state index in [1.165, 1.54) is 6.20 Å². The van der Waals surface area contributed by atoms with Gasteiger partial charge in [0.25, 0.3) is 0 Å². The van der Waals surface area contributed by atoms with E-state index < -0.39 is 21.5 Å². The summed E-state index contributed by atoms with van der Waals surface area (Å²) in [6.07, 6.45) is 3.16. The first-order chi connectivity index (χ1) is 14.3. The molecule has 0 aliphatic rings. The second-order valence-electron chi connectivity index (χ2n) is 8.41. The van der Waals surface area contributed by atoms with Crippen LogP contribution in [0.3, 0.4) is 0 Å². The van der Waals surface area contributed by atoms with Crippen molar-refractivity contribution in [3.63, 3.8) is 0 Å². The molecule has 1 heterocycles. The van der Waals surface area contributed by atoms with E-state index in [0.717, 1.165) is 28.0 Å². The molecule has 2 aromatic rings. The van der Waals surface area contributed by atoms with E-state index in [-0.39, 0.29) is 16.2 Å². The zero-order chi connectivity index (χ0) is 23.6. The number of aromatic nitrogens is 1. The topological polar surface area (TPSA) is 130 Å². The first-order valence-corrected chi connectivity index (χ1v) is 12.3. The van der Waals surface area contributed by atoms with Crippen molar-refractivity contribution in [1.29, 1.82) is 0 Å². The Morgan fingerprint density at radius 1 is 1.26 bits per heavy atom. The molecule has 4 N–H and O–H groups in total. The van der Waals surface area contributed by atoms with Crippen molar-refractivity contribution in [2.24, 2.45) is 14.5 Å². The summed E-state index contributed by atoms with van der Waals surface area (Å²) in [5.74, 6) is 0.238. The molecule has 0 fully saturated rings. The Morgan fingerprint density at radius 2 is 1.81 bits per heavy atom. The number of hydrogen-bond acceptors (Lipinski definition) is 6. The molecule has 0 saturated carbocycles. The molecule has 1 aromatic carbocycles. The average molecular weight is 466 g/mol. The molecule has 1 aromatic heterocycles. The standard InChI is InChI=1S/C21H31N5O3S2/c1-12(2)15-8-14(10-23-7)9-16(13(3)4)18(15)25-19(27)26-31(22,29)20-24-11-17(30-20)21(5,6)28/h8-13,28H,1-7H3,(H3,22,25,26,27,29). The van der Waals surface area contributed by atoms with Crippen molar-refractivity contribution < 1.29 is 14.1 Å². The summed E-state index contributed by atoms with van der Waals surface area (Å²) >= 11 is 0.969. The van der Waals surface area contributed by atoms with Crippen LogP contribution in [0.5, 0.6) is 0 Å². The van der Waals surface area contributed by atoms with E-state index in [9.17, 15) is 14.1 Å². The Bertz CT molecular complexity index is 1080. The number of anilines is 1. The van der Waals surface area contributed by atoms with E-state index in [2.05, 4.69) is 19.7 Å². The molecule has 10 heteroatoms. The van der Waals surface area contributed by atoms with E-state index in [1.807, 2.05) is 39.8 Å². The number of nitrogens with zero attached hydrogens (tertiary/aromatic N) is 3. The Morgan fingerprint density at radius 3 is 2.23 bits per heavy atom. The number of carbonyl (C=O) groups excluding carboxylic acids is 1. The molecule has 8 nitrogen and oxygen atoms in total. The molecular weight excluding hydrogens is 434 g/mol. The van der Waals surface area contributed by atoms with E-state index >= 15 is 0 Å². The number of aliphatic hydroxyl groups is 1. The molecule has 0 bridgehead atoms. The Balaban J connectivity index is 2.49. The molecule has 1 unspecified atom stereocenters. The van der Waals surface area contributed by atoms with Gasteiger partial charge in [-0.3, -0.25) is 4.99 Å². The quantitative estimate of drug-likeness (QED) is 0.538. The van der Waals surface area contributed by atoms with Gasteiger partial charge in [0.1, 0.15) is 0 Å². The van der Waals surface area contributed by atoms with Gasteiger partial charge in [-0.2, -0.15) is 0 Å². The number of urea groups is 1. The second kappa shape index (κ2) is 9.56. The van der Waals surface area contributed by atoms with Gasteiger partial charge in [0.15, 0.2) is 9.92 Å². The van der Waals surface area contributed by atoms with Gasteiger partial charge in [-0.1, -0.05) is 27.7 Å². The second-order valence-corrected chi connectivity index (χ2v) is 11.4. The minimum absolute atomic E-state index is 0.0116. The van der Waals surface area contributed by atoms with Crippen LogP contribution in [-0.4, -0.2) is 33.6 Å². The molecule has 170 valence electrons. The third kappa shape index (κ3) is 6.19. The van der Waals surface area contributed by atoms with E-state index in [0.29, 0.717) is 10.6 Å². The van der Waals surface area contributed by atoms with E-state index in [1.54, 1.807) is 27.1 Å². The number of nitrogens with one attached hydrogen (secondary N) is 1. The monoisotopic (exact) mass is 465 g/mol. The van der Waals surface area contributed by atoms with Crippen LogP contribution >= 0.6 is 11.3 Å². The molecule has 2 rings (SSSR count). The molecule has 2 amide bonds. The lowest BCUT2D eigenvalue weighted by Gasteiger charge is -2.20. The Kier molecular flexibility index (Phi) is 7.75. The molecule has 0 spiro atoms. The number of carbonyl (C=O) groups is 1. The largest absolute Gasteiger partial charge is 0.385 e. The van der Waals surface area contributed by atoms with Gasteiger partial charge < -0.3 is 10.4 Å². The highest BCUT2D eigenvalue weighted by Gasteiger charge is 2.24. The van der Waals surface area contributed by atoms with Gasteiger partial charge in [0.05, 0.1) is 10.5 Å². The van der Waals surface area contributed by atoms with E-state index in [4.69, 9.17) is 5.14 Å². The molecule has 1 atom stereocenters. The van der Waals surface area contributed by atoms with Crippen molar-refractivity contribution in [3.8, 4) is 0 Å². The SMILES string of the molecule is CN=Cc1cc(C(C)C)c(NC(=O)N=S(N)(=O)c2ncc(C(C)(C)O)s2)c(C(C)C)c1. The van der Waals surface area contributed by atoms with Crippen LogP contribution in [0, 0.1) is 0 Å². The van der Waals surface area contributed by atoms with Crippen molar-refractivity contribution in [2.75, 3.05) is 12.4 Å². The minimum atomic E-state index is -3.56.